The minimum absolute atomic E-state index is 0.279. The average Bonchev–Trinajstić information content (AvgIpc) is 3.14. The first-order valence-corrected chi connectivity index (χ1v) is 9.64. The number of amides is 1. The third-order valence-corrected chi connectivity index (χ3v) is 4.84. The molecule has 3 aromatic rings. The summed E-state index contributed by atoms with van der Waals surface area (Å²) in [7, 11) is 0. The Morgan fingerprint density at radius 1 is 1.25 bits per heavy atom. The first-order valence-electron chi connectivity index (χ1n) is 8.76. The molecule has 0 radical (unpaired) electrons. The Morgan fingerprint density at radius 2 is 2.00 bits per heavy atom. The van der Waals surface area contributed by atoms with Crippen molar-refractivity contribution in [2.45, 2.75) is 31.2 Å². The fourth-order valence-corrected chi connectivity index (χ4v) is 3.04. The molecule has 1 aromatic heterocycles. The predicted molar refractivity (Wildman–Crippen MR) is 106 cm³/mol. The van der Waals surface area contributed by atoms with Crippen molar-refractivity contribution in [3.63, 3.8) is 0 Å². The van der Waals surface area contributed by atoms with E-state index in [0.29, 0.717) is 23.7 Å². The summed E-state index contributed by atoms with van der Waals surface area (Å²) < 4.78 is 24.7. The lowest BCUT2D eigenvalue weighted by molar-refractivity contribution is -0.115. The first kappa shape index (κ1) is 19.9. The van der Waals surface area contributed by atoms with Crippen LogP contribution in [0.5, 0.6) is 5.75 Å². The normalized spacial score (nSPS) is 11.9. The molecule has 28 heavy (non-hydrogen) atoms. The number of thioether (sulfide) groups is 1. The van der Waals surface area contributed by atoms with Gasteiger partial charge in [0.15, 0.2) is 0 Å². The Labute approximate surface area is 166 Å². The van der Waals surface area contributed by atoms with Crippen LogP contribution in [-0.4, -0.2) is 28.0 Å². The zero-order chi connectivity index (χ0) is 20.1. The van der Waals surface area contributed by atoms with Gasteiger partial charge in [-0.3, -0.25) is 4.79 Å². The van der Waals surface area contributed by atoms with Gasteiger partial charge in [-0.1, -0.05) is 17.8 Å². The maximum atomic E-state index is 13.6. The minimum atomic E-state index is -0.502. The van der Waals surface area contributed by atoms with E-state index < -0.39 is 5.25 Å². The molecule has 6 nitrogen and oxygen atoms in total. The van der Waals surface area contributed by atoms with Gasteiger partial charge in [0.1, 0.15) is 11.6 Å². The highest BCUT2D eigenvalue weighted by atomic mass is 32.2. The van der Waals surface area contributed by atoms with E-state index in [9.17, 15) is 9.18 Å². The first-order chi connectivity index (χ1) is 13.5. The molecule has 1 heterocycles. The molecule has 0 saturated carbocycles. The van der Waals surface area contributed by atoms with Crippen molar-refractivity contribution in [2.24, 2.45) is 0 Å². The van der Waals surface area contributed by atoms with Gasteiger partial charge >= 0.3 is 0 Å². The van der Waals surface area contributed by atoms with Crippen LogP contribution >= 0.6 is 11.8 Å². The maximum absolute atomic E-state index is 13.6. The second-order valence-electron chi connectivity index (χ2n) is 6.04. The van der Waals surface area contributed by atoms with Crippen LogP contribution in [0.25, 0.3) is 11.5 Å². The van der Waals surface area contributed by atoms with Gasteiger partial charge in [-0.25, -0.2) is 4.39 Å². The quantitative estimate of drug-likeness (QED) is 0.578. The number of hydrogen-bond donors (Lipinski definition) is 1. The number of aromatic nitrogens is 2. The lowest BCUT2D eigenvalue weighted by Gasteiger charge is -2.10. The third-order valence-electron chi connectivity index (χ3n) is 3.90. The van der Waals surface area contributed by atoms with Crippen molar-refractivity contribution < 1.29 is 18.3 Å². The summed E-state index contributed by atoms with van der Waals surface area (Å²) in [6.45, 7) is 5.89. The van der Waals surface area contributed by atoms with Crippen LogP contribution in [0.1, 0.15) is 19.4 Å². The van der Waals surface area contributed by atoms with E-state index in [1.54, 1.807) is 26.0 Å². The van der Waals surface area contributed by atoms with Crippen molar-refractivity contribution >= 4 is 23.4 Å². The number of halogens is 1. The summed E-state index contributed by atoms with van der Waals surface area (Å²) in [6, 6.07) is 11.9. The van der Waals surface area contributed by atoms with E-state index in [1.165, 1.54) is 6.07 Å². The Balaban J connectivity index is 1.61. The molecule has 1 atom stereocenters. The summed E-state index contributed by atoms with van der Waals surface area (Å²) in [4.78, 5) is 12.3. The molecule has 0 saturated heterocycles. The minimum Gasteiger partial charge on any atom is -0.494 e. The van der Waals surface area contributed by atoms with Crippen molar-refractivity contribution in [1.82, 2.24) is 10.2 Å². The summed E-state index contributed by atoms with van der Waals surface area (Å²) in [5.41, 5.74) is 1.68. The number of rotatable bonds is 7. The molecule has 1 N–H and O–H groups in total. The number of ether oxygens (including phenoxy) is 1. The fraction of sp³-hybridized carbons (Fsp3) is 0.250. The van der Waals surface area contributed by atoms with E-state index in [1.807, 2.05) is 31.2 Å². The summed E-state index contributed by atoms with van der Waals surface area (Å²) in [5.74, 6) is 0.473. The lowest BCUT2D eigenvalue weighted by Crippen LogP contribution is -2.22. The second kappa shape index (κ2) is 8.88. The van der Waals surface area contributed by atoms with Crippen LogP contribution in [0.15, 0.2) is 52.1 Å². The van der Waals surface area contributed by atoms with Crippen LogP contribution in [0.2, 0.25) is 0 Å². The topological polar surface area (TPSA) is 77.2 Å². The molecule has 2 aromatic carbocycles. The molecule has 1 amide bonds. The van der Waals surface area contributed by atoms with Gasteiger partial charge in [0.25, 0.3) is 5.22 Å². The number of carbonyl (C=O) groups excluding carboxylic acids is 1. The number of nitrogens with zero attached hydrogens (tertiary/aromatic N) is 2. The van der Waals surface area contributed by atoms with Gasteiger partial charge in [-0.15, -0.1) is 10.2 Å². The zero-order valence-corrected chi connectivity index (χ0v) is 16.5. The fourth-order valence-electron chi connectivity index (χ4n) is 2.35. The Bertz CT molecular complexity index is 960. The predicted octanol–water partition coefficient (Wildman–Crippen LogP) is 4.70. The maximum Gasteiger partial charge on any atom is 0.277 e. The van der Waals surface area contributed by atoms with Gasteiger partial charge < -0.3 is 14.5 Å². The number of anilines is 1. The Morgan fingerprint density at radius 3 is 2.68 bits per heavy atom. The summed E-state index contributed by atoms with van der Waals surface area (Å²) in [6.07, 6.45) is 0. The number of benzene rings is 2. The summed E-state index contributed by atoms with van der Waals surface area (Å²) >= 11 is 1.13. The van der Waals surface area contributed by atoms with E-state index in [0.717, 1.165) is 23.1 Å². The second-order valence-corrected chi connectivity index (χ2v) is 7.34. The van der Waals surface area contributed by atoms with E-state index in [2.05, 4.69) is 15.5 Å². The standard InChI is InChI=1S/C20H20FN3O3S/c1-4-26-16-9-6-14(7-10-16)19-23-24-20(27-19)28-13(3)18(25)22-15-8-5-12(2)17(21)11-15/h5-11,13H,4H2,1-3H3,(H,22,25)/t13-/m1/s1. The highest BCUT2D eigenvalue weighted by molar-refractivity contribution is 8.00. The molecule has 0 bridgehead atoms. The van der Waals surface area contributed by atoms with Gasteiger partial charge in [-0.2, -0.15) is 0 Å². The van der Waals surface area contributed by atoms with Gasteiger partial charge in [0.2, 0.25) is 11.8 Å². The number of nitrogens with one attached hydrogen (secondary N) is 1. The SMILES string of the molecule is CCOc1ccc(-c2nnc(S[C@H](C)C(=O)Nc3ccc(C)c(F)c3)o2)cc1. The highest BCUT2D eigenvalue weighted by Gasteiger charge is 2.19. The largest absolute Gasteiger partial charge is 0.494 e. The van der Waals surface area contributed by atoms with E-state index >= 15 is 0 Å². The summed E-state index contributed by atoms with van der Waals surface area (Å²) in [5, 5.41) is 10.5. The number of aryl methyl sites for hydroxylation is 1. The molecule has 3 rings (SSSR count). The Hall–Kier alpha value is -2.87. The van der Waals surface area contributed by atoms with E-state index in [4.69, 9.17) is 9.15 Å². The van der Waals surface area contributed by atoms with Crippen molar-refractivity contribution in [1.29, 1.82) is 0 Å². The monoisotopic (exact) mass is 401 g/mol. The highest BCUT2D eigenvalue weighted by Crippen LogP contribution is 2.28. The van der Waals surface area contributed by atoms with Crippen molar-refractivity contribution in [3.8, 4) is 17.2 Å². The molecule has 0 aliphatic heterocycles. The van der Waals surface area contributed by atoms with Gasteiger partial charge in [0.05, 0.1) is 11.9 Å². The van der Waals surface area contributed by atoms with Crippen LogP contribution in [0, 0.1) is 12.7 Å². The van der Waals surface area contributed by atoms with Crippen LogP contribution in [-0.2, 0) is 4.79 Å². The smallest absolute Gasteiger partial charge is 0.277 e. The third kappa shape index (κ3) is 4.89. The molecular weight excluding hydrogens is 381 g/mol. The molecule has 0 fully saturated rings. The van der Waals surface area contributed by atoms with Gasteiger partial charge in [-0.05, 0) is 62.7 Å². The van der Waals surface area contributed by atoms with Gasteiger partial charge in [0, 0.05) is 11.3 Å². The number of carbonyl (C=O) groups is 1. The Kier molecular flexibility index (Phi) is 6.30. The average molecular weight is 401 g/mol. The van der Waals surface area contributed by atoms with Crippen molar-refractivity contribution in [2.75, 3.05) is 11.9 Å². The van der Waals surface area contributed by atoms with Crippen LogP contribution in [0.3, 0.4) is 0 Å². The van der Waals surface area contributed by atoms with E-state index in [-0.39, 0.29) is 16.9 Å². The molecule has 8 heteroatoms. The molecular formula is C20H20FN3O3S. The van der Waals surface area contributed by atoms with Crippen LogP contribution in [0.4, 0.5) is 10.1 Å². The lowest BCUT2D eigenvalue weighted by atomic mass is 10.2. The van der Waals surface area contributed by atoms with Crippen LogP contribution < -0.4 is 10.1 Å². The van der Waals surface area contributed by atoms with Crippen molar-refractivity contribution in [3.05, 3.63) is 53.8 Å². The molecule has 0 aliphatic rings. The molecule has 146 valence electrons. The molecule has 0 spiro atoms. The molecule has 0 aliphatic carbocycles. The number of hydrogen-bond acceptors (Lipinski definition) is 6. The molecule has 0 unspecified atom stereocenters. The zero-order valence-electron chi connectivity index (χ0n) is 15.7.